The molecule has 0 radical (unpaired) electrons. The van der Waals surface area contributed by atoms with Gasteiger partial charge >= 0.3 is 5.97 Å². The fourth-order valence-corrected chi connectivity index (χ4v) is 3.54. The molecule has 0 spiro atoms. The molecule has 0 aliphatic carbocycles. The van der Waals surface area contributed by atoms with E-state index in [1.165, 1.54) is 0 Å². The van der Waals surface area contributed by atoms with Gasteiger partial charge in [0.05, 0.1) is 12.4 Å². The van der Waals surface area contributed by atoms with E-state index in [9.17, 15) is 13.2 Å². The third-order valence-corrected chi connectivity index (χ3v) is 4.99. The van der Waals surface area contributed by atoms with Crippen molar-refractivity contribution in [1.29, 1.82) is 0 Å². The van der Waals surface area contributed by atoms with Crippen LogP contribution in [-0.4, -0.2) is 26.2 Å². The first-order valence-corrected chi connectivity index (χ1v) is 8.34. The van der Waals surface area contributed by atoms with Crippen molar-refractivity contribution >= 4 is 21.5 Å². The first-order chi connectivity index (χ1) is 9.40. The fourth-order valence-electron chi connectivity index (χ4n) is 1.81. The predicted molar refractivity (Wildman–Crippen MR) is 78.8 cm³/mol. The molecule has 1 atom stereocenters. The number of sulfone groups is 1. The lowest BCUT2D eigenvalue weighted by Gasteiger charge is -2.15. The van der Waals surface area contributed by atoms with Gasteiger partial charge < -0.3 is 10.5 Å². The Morgan fingerprint density at radius 3 is 2.35 bits per heavy atom. The molecule has 1 rings (SSSR count). The molecule has 20 heavy (non-hydrogen) atoms. The number of esters is 1. The summed E-state index contributed by atoms with van der Waals surface area (Å²) in [5.41, 5.74) is 6.74. The monoisotopic (exact) mass is 299 g/mol. The second-order valence-corrected chi connectivity index (χ2v) is 6.80. The second-order valence-electron chi connectivity index (χ2n) is 4.61. The Balaban J connectivity index is 2.84. The maximum atomic E-state index is 12.3. The van der Waals surface area contributed by atoms with Gasteiger partial charge in [-0.1, -0.05) is 26.0 Å². The summed E-state index contributed by atoms with van der Waals surface area (Å²) in [6, 6.07) is 6.58. The van der Waals surface area contributed by atoms with Gasteiger partial charge in [0, 0.05) is 5.69 Å². The van der Waals surface area contributed by atoms with E-state index >= 15 is 0 Å². The summed E-state index contributed by atoms with van der Waals surface area (Å²) in [7, 11) is -3.58. The molecular weight excluding hydrogens is 278 g/mol. The number of hydrogen-bond donors (Lipinski definition) is 1. The highest BCUT2D eigenvalue weighted by Gasteiger charge is 2.32. The third-order valence-electron chi connectivity index (χ3n) is 2.86. The zero-order chi connectivity index (χ0) is 15.2. The SMILES string of the molecule is CCCOC(=O)C(CC)S(=O)(=O)Cc1ccc(N)cc1. The second kappa shape index (κ2) is 7.28. The molecule has 0 bridgehead atoms. The zero-order valence-corrected chi connectivity index (χ0v) is 12.7. The van der Waals surface area contributed by atoms with Crippen LogP contribution in [0.15, 0.2) is 24.3 Å². The Labute approximate surface area is 120 Å². The molecule has 6 heteroatoms. The molecule has 5 nitrogen and oxygen atoms in total. The molecular formula is C14H21NO4S. The number of ether oxygens (including phenoxy) is 1. The Morgan fingerprint density at radius 1 is 1.25 bits per heavy atom. The van der Waals surface area contributed by atoms with Crippen molar-refractivity contribution in [2.75, 3.05) is 12.3 Å². The Morgan fingerprint density at radius 2 is 1.85 bits per heavy atom. The van der Waals surface area contributed by atoms with Crippen molar-refractivity contribution in [2.45, 2.75) is 37.7 Å². The average molecular weight is 299 g/mol. The van der Waals surface area contributed by atoms with E-state index in [0.717, 1.165) is 0 Å². The molecule has 0 aromatic heterocycles. The highest BCUT2D eigenvalue weighted by Crippen LogP contribution is 2.16. The minimum Gasteiger partial charge on any atom is -0.465 e. The van der Waals surface area contributed by atoms with Crippen LogP contribution in [-0.2, 0) is 25.1 Å². The van der Waals surface area contributed by atoms with Gasteiger partial charge in [0.15, 0.2) is 15.1 Å². The Kier molecular flexibility index (Phi) is 6.01. The number of carbonyl (C=O) groups is 1. The van der Waals surface area contributed by atoms with Crippen LogP contribution in [0.5, 0.6) is 0 Å². The lowest BCUT2D eigenvalue weighted by molar-refractivity contribution is -0.143. The van der Waals surface area contributed by atoms with Crippen LogP contribution >= 0.6 is 0 Å². The quantitative estimate of drug-likeness (QED) is 0.614. The lowest BCUT2D eigenvalue weighted by atomic mass is 10.2. The maximum absolute atomic E-state index is 12.3. The fraction of sp³-hybridized carbons (Fsp3) is 0.500. The summed E-state index contributed by atoms with van der Waals surface area (Å²) in [5.74, 6) is -0.850. The van der Waals surface area contributed by atoms with Crippen LogP contribution in [0.2, 0.25) is 0 Å². The van der Waals surface area contributed by atoms with Gasteiger partial charge in [0.2, 0.25) is 0 Å². The number of benzene rings is 1. The first-order valence-electron chi connectivity index (χ1n) is 6.63. The van der Waals surface area contributed by atoms with Crippen LogP contribution in [0.25, 0.3) is 0 Å². The van der Waals surface area contributed by atoms with Crippen LogP contribution in [0.1, 0.15) is 32.3 Å². The number of rotatable bonds is 7. The summed E-state index contributed by atoms with van der Waals surface area (Å²) in [6.07, 6.45) is 0.875. The van der Waals surface area contributed by atoms with Crippen LogP contribution in [0, 0.1) is 0 Å². The highest BCUT2D eigenvalue weighted by atomic mass is 32.2. The van der Waals surface area contributed by atoms with E-state index in [1.807, 2.05) is 6.92 Å². The van der Waals surface area contributed by atoms with Crippen molar-refractivity contribution in [3.8, 4) is 0 Å². The summed E-state index contributed by atoms with van der Waals surface area (Å²) < 4.78 is 29.5. The molecule has 0 heterocycles. The maximum Gasteiger partial charge on any atom is 0.324 e. The van der Waals surface area contributed by atoms with Gasteiger partial charge in [-0.15, -0.1) is 0 Å². The van der Waals surface area contributed by atoms with Gasteiger partial charge in [-0.3, -0.25) is 4.79 Å². The topological polar surface area (TPSA) is 86.5 Å². The van der Waals surface area contributed by atoms with Gasteiger partial charge in [-0.25, -0.2) is 8.42 Å². The molecule has 112 valence electrons. The van der Waals surface area contributed by atoms with E-state index < -0.39 is 21.1 Å². The number of anilines is 1. The Hall–Kier alpha value is -1.56. The van der Waals surface area contributed by atoms with E-state index in [1.54, 1.807) is 31.2 Å². The van der Waals surface area contributed by atoms with Crippen molar-refractivity contribution in [3.63, 3.8) is 0 Å². The summed E-state index contributed by atoms with van der Waals surface area (Å²) >= 11 is 0. The molecule has 0 aliphatic heterocycles. The number of nitrogen functional groups attached to an aromatic ring is 1. The third kappa shape index (κ3) is 4.52. The van der Waals surface area contributed by atoms with Crippen molar-refractivity contribution in [1.82, 2.24) is 0 Å². The largest absolute Gasteiger partial charge is 0.465 e. The smallest absolute Gasteiger partial charge is 0.324 e. The van der Waals surface area contributed by atoms with Crippen LogP contribution in [0.3, 0.4) is 0 Å². The molecule has 1 aromatic rings. The molecule has 1 aromatic carbocycles. The first kappa shape index (κ1) is 16.5. The minimum atomic E-state index is -3.58. The van der Waals surface area contributed by atoms with Gasteiger partial charge in [-0.2, -0.15) is 0 Å². The van der Waals surface area contributed by atoms with Crippen molar-refractivity contribution in [3.05, 3.63) is 29.8 Å². The van der Waals surface area contributed by atoms with Gasteiger partial charge in [0.1, 0.15) is 0 Å². The zero-order valence-electron chi connectivity index (χ0n) is 11.8. The number of hydrogen-bond acceptors (Lipinski definition) is 5. The molecule has 0 amide bonds. The van der Waals surface area contributed by atoms with Gasteiger partial charge in [0.25, 0.3) is 0 Å². The molecule has 0 saturated carbocycles. The van der Waals surface area contributed by atoms with Crippen LogP contribution in [0.4, 0.5) is 5.69 Å². The van der Waals surface area contributed by atoms with E-state index in [-0.39, 0.29) is 18.8 Å². The lowest BCUT2D eigenvalue weighted by Crippen LogP contribution is -2.32. The Bertz CT molecular complexity index is 537. The van der Waals surface area contributed by atoms with E-state index in [4.69, 9.17) is 10.5 Å². The number of carbonyl (C=O) groups excluding carboxylic acids is 1. The predicted octanol–water partition coefficient (Wildman–Crippen LogP) is 1.92. The molecule has 2 N–H and O–H groups in total. The molecule has 0 saturated heterocycles. The molecule has 1 unspecified atom stereocenters. The normalized spacial score (nSPS) is 12.9. The molecule has 0 fully saturated rings. The standard InChI is InChI=1S/C14H21NO4S/c1-3-9-19-14(16)13(4-2)20(17,18)10-11-5-7-12(15)8-6-11/h5-8,13H,3-4,9-10,15H2,1-2H3. The average Bonchev–Trinajstić information content (AvgIpc) is 2.39. The van der Waals surface area contributed by atoms with E-state index in [2.05, 4.69) is 0 Å². The van der Waals surface area contributed by atoms with Crippen LogP contribution < -0.4 is 5.73 Å². The highest BCUT2D eigenvalue weighted by molar-refractivity contribution is 7.92. The summed E-state index contributed by atoms with van der Waals surface area (Å²) in [4.78, 5) is 11.8. The van der Waals surface area contributed by atoms with E-state index in [0.29, 0.717) is 17.7 Å². The minimum absolute atomic E-state index is 0.187. The van der Waals surface area contributed by atoms with Crippen molar-refractivity contribution in [2.24, 2.45) is 0 Å². The summed E-state index contributed by atoms with van der Waals surface area (Å²) in [5, 5.41) is -1.10. The van der Waals surface area contributed by atoms with Gasteiger partial charge in [-0.05, 0) is 30.5 Å². The number of nitrogens with two attached hydrogens (primary N) is 1. The van der Waals surface area contributed by atoms with Crippen molar-refractivity contribution < 1.29 is 17.9 Å². The molecule has 0 aliphatic rings. The summed E-state index contributed by atoms with van der Waals surface area (Å²) in [6.45, 7) is 3.77.